The number of hydrogen-bond donors (Lipinski definition) is 1. The fourth-order valence-corrected chi connectivity index (χ4v) is 3.95. The Labute approximate surface area is 101 Å². The van der Waals surface area contributed by atoms with Gasteiger partial charge in [0.05, 0.1) is 11.5 Å². The Kier molecular flexibility index (Phi) is 3.79. The van der Waals surface area contributed by atoms with Crippen LogP contribution >= 0.6 is 0 Å². The zero-order chi connectivity index (χ0) is 12.3. The molecule has 1 heterocycles. The van der Waals surface area contributed by atoms with Gasteiger partial charge in [-0.05, 0) is 24.9 Å². The third-order valence-corrected chi connectivity index (χ3v) is 4.87. The second-order valence-corrected chi connectivity index (χ2v) is 6.72. The van der Waals surface area contributed by atoms with E-state index in [2.05, 4.69) is 5.32 Å². The zero-order valence-electron chi connectivity index (χ0n) is 9.52. The standard InChI is InChI=1S/C12H16FNO2S/c13-12-4-2-1-3-11(12)8-14-7-10-5-6-17(15,16)9-10/h1-4,10,14H,5-9H2. The van der Waals surface area contributed by atoms with E-state index < -0.39 is 9.84 Å². The van der Waals surface area contributed by atoms with Crippen LogP contribution in [-0.4, -0.2) is 26.5 Å². The van der Waals surface area contributed by atoms with Gasteiger partial charge in [0.15, 0.2) is 9.84 Å². The van der Waals surface area contributed by atoms with Crippen molar-refractivity contribution < 1.29 is 12.8 Å². The topological polar surface area (TPSA) is 46.2 Å². The number of rotatable bonds is 4. The molecule has 0 radical (unpaired) electrons. The minimum atomic E-state index is -2.81. The highest BCUT2D eigenvalue weighted by atomic mass is 32.2. The summed E-state index contributed by atoms with van der Waals surface area (Å²) in [7, 11) is -2.81. The van der Waals surface area contributed by atoms with Crippen LogP contribution in [0.4, 0.5) is 4.39 Å². The van der Waals surface area contributed by atoms with Gasteiger partial charge in [-0.2, -0.15) is 0 Å². The Morgan fingerprint density at radius 3 is 2.76 bits per heavy atom. The van der Waals surface area contributed by atoms with Crippen LogP contribution in [0.5, 0.6) is 0 Å². The highest BCUT2D eigenvalue weighted by Gasteiger charge is 2.27. The quantitative estimate of drug-likeness (QED) is 0.885. The predicted octanol–water partition coefficient (Wildman–Crippen LogP) is 1.35. The van der Waals surface area contributed by atoms with Crippen molar-refractivity contribution in [3.05, 3.63) is 35.6 Å². The summed E-state index contributed by atoms with van der Waals surface area (Å²) in [5, 5.41) is 3.12. The predicted molar refractivity (Wildman–Crippen MR) is 64.9 cm³/mol. The molecule has 0 spiro atoms. The molecule has 1 atom stereocenters. The summed E-state index contributed by atoms with van der Waals surface area (Å²) in [6.07, 6.45) is 0.715. The first-order chi connectivity index (χ1) is 8.07. The van der Waals surface area contributed by atoms with Gasteiger partial charge in [-0.15, -0.1) is 0 Å². The molecule has 5 heteroatoms. The average Bonchev–Trinajstić information content (AvgIpc) is 2.61. The molecule has 2 rings (SSSR count). The van der Waals surface area contributed by atoms with Crippen LogP contribution in [0.2, 0.25) is 0 Å². The number of nitrogens with one attached hydrogen (secondary N) is 1. The van der Waals surface area contributed by atoms with Gasteiger partial charge in [0, 0.05) is 12.1 Å². The molecule has 0 aromatic heterocycles. The molecule has 1 saturated heterocycles. The number of hydrogen-bond acceptors (Lipinski definition) is 3. The largest absolute Gasteiger partial charge is 0.312 e. The summed E-state index contributed by atoms with van der Waals surface area (Å²) in [4.78, 5) is 0. The van der Waals surface area contributed by atoms with Crippen molar-refractivity contribution >= 4 is 9.84 Å². The maximum Gasteiger partial charge on any atom is 0.150 e. The number of benzene rings is 1. The fourth-order valence-electron chi connectivity index (χ4n) is 2.09. The van der Waals surface area contributed by atoms with Gasteiger partial charge in [0.25, 0.3) is 0 Å². The second-order valence-electron chi connectivity index (χ2n) is 4.49. The monoisotopic (exact) mass is 257 g/mol. The van der Waals surface area contributed by atoms with Crippen molar-refractivity contribution in [2.75, 3.05) is 18.1 Å². The first-order valence-corrected chi connectivity index (χ1v) is 7.53. The Morgan fingerprint density at radius 1 is 1.35 bits per heavy atom. The minimum Gasteiger partial charge on any atom is -0.312 e. The van der Waals surface area contributed by atoms with E-state index in [1.807, 2.05) is 0 Å². The summed E-state index contributed by atoms with van der Waals surface area (Å²) < 4.78 is 35.8. The smallest absolute Gasteiger partial charge is 0.150 e. The fraction of sp³-hybridized carbons (Fsp3) is 0.500. The highest BCUT2D eigenvalue weighted by Crippen LogP contribution is 2.17. The molecule has 0 aliphatic carbocycles. The highest BCUT2D eigenvalue weighted by molar-refractivity contribution is 7.91. The van der Waals surface area contributed by atoms with Crippen LogP contribution in [0.3, 0.4) is 0 Å². The third-order valence-electron chi connectivity index (χ3n) is 3.03. The van der Waals surface area contributed by atoms with Gasteiger partial charge >= 0.3 is 0 Å². The summed E-state index contributed by atoms with van der Waals surface area (Å²) in [5.41, 5.74) is 0.619. The number of sulfone groups is 1. The van der Waals surface area contributed by atoms with Crippen LogP contribution < -0.4 is 5.32 Å². The summed E-state index contributed by atoms with van der Waals surface area (Å²) in [6.45, 7) is 1.08. The Balaban J connectivity index is 1.79. The molecule has 1 aromatic rings. The summed E-state index contributed by atoms with van der Waals surface area (Å²) >= 11 is 0. The van der Waals surface area contributed by atoms with E-state index in [1.165, 1.54) is 6.07 Å². The van der Waals surface area contributed by atoms with E-state index in [-0.39, 0.29) is 17.5 Å². The van der Waals surface area contributed by atoms with Crippen molar-refractivity contribution in [1.82, 2.24) is 5.32 Å². The molecule has 1 aliphatic heterocycles. The molecule has 1 unspecified atom stereocenters. The molecule has 1 N–H and O–H groups in total. The van der Waals surface area contributed by atoms with E-state index in [9.17, 15) is 12.8 Å². The van der Waals surface area contributed by atoms with Crippen LogP contribution in [0.15, 0.2) is 24.3 Å². The molecule has 94 valence electrons. The van der Waals surface area contributed by atoms with Gasteiger partial charge < -0.3 is 5.32 Å². The lowest BCUT2D eigenvalue weighted by Gasteiger charge is -2.09. The van der Waals surface area contributed by atoms with Crippen LogP contribution in [0, 0.1) is 11.7 Å². The van der Waals surface area contributed by atoms with Crippen molar-refractivity contribution in [3.63, 3.8) is 0 Å². The molecule has 1 aliphatic rings. The summed E-state index contributed by atoms with van der Waals surface area (Å²) in [6, 6.07) is 6.60. The zero-order valence-corrected chi connectivity index (χ0v) is 10.3. The van der Waals surface area contributed by atoms with Crippen molar-refractivity contribution in [1.29, 1.82) is 0 Å². The van der Waals surface area contributed by atoms with Crippen LogP contribution in [0.25, 0.3) is 0 Å². The van der Waals surface area contributed by atoms with E-state index in [0.717, 1.165) is 0 Å². The van der Waals surface area contributed by atoms with E-state index in [0.29, 0.717) is 30.8 Å². The normalized spacial score (nSPS) is 22.8. The van der Waals surface area contributed by atoms with Crippen LogP contribution in [0.1, 0.15) is 12.0 Å². The molecule has 0 amide bonds. The van der Waals surface area contributed by atoms with E-state index >= 15 is 0 Å². The number of halogens is 1. The average molecular weight is 257 g/mol. The van der Waals surface area contributed by atoms with Gasteiger partial charge in [0.1, 0.15) is 5.82 Å². The van der Waals surface area contributed by atoms with Gasteiger partial charge in [-0.1, -0.05) is 18.2 Å². The Morgan fingerprint density at radius 2 is 2.12 bits per heavy atom. The maximum atomic E-state index is 13.3. The molecule has 0 saturated carbocycles. The minimum absolute atomic E-state index is 0.173. The first-order valence-electron chi connectivity index (χ1n) is 5.71. The second kappa shape index (κ2) is 5.14. The van der Waals surface area contributed by atoms with E-state index in [1.54, 1.807) is 18.2 Å². The maximum absolute atomic E-state index is 13.3. The molecule has 17 heavy (non-hydrogen) atoms. The lowest BCUT2D eigenvalue weighted by atomic mass is 10.1. The Hall–Kier alpha value is -0.940. The van der Waals surface area contributed by atoms with E-state index in [4.69, 9.17) is 0 Å². The first kappa shape index (κ1) is 12.5. The van der Waals surface area contributed by atoms with Gasteiger partial charge in [-0.25, -0.2) is 12.8 Å². The van der Waals surface area contributed by atoms with Crippen molar-refractivity contribution in [2.45, 2.75) is 13.0 Å². The molecular formula is C12H16FNO2S. The molecule has 1 fully saturated rings. The van der Waals surface area contributed by atoms with Gasteiger partial charge in [0.2, 0.25) is 0 Å². The lowest BCUT2D eigenvalue weighted by molar-refractivity contribution is 0.510. The van der Waals surface area contributed by atoms with Crippen LogP contribution in [-0.2, 0) is 16.4 Å². The molecule has 3 nitrogen and oxygen atoms in total. The van der Waals surface area contributed by atoms with Gasteiger partial charge in [-0.3, -0.25) is 0 Å². The SMILES string of the molecule is O=S1(=O)CCC(CNCc2ccccc2F)C1. The van der Waals surface area contributed by atoms with Crippen molar-refractivity contribution in [2.24, 2.45) is 5.92 Å². The molecule has 0 bridgehead atoms. The lowest BCUT2D eigenvalue weighted by Crippen LogP contribution is -2.23. The molecule has 1 aromatic carbocycles. The molecular weight excluding hydrogens is 241 g/mol. The third kappa shape index (κ3) is 3.51. The summed E-state index contributed by atoms with van der Waals surface area (Å²) in [5.74, 6) is 0.502. The van der Waals surface area contributed by atoms with Crippen molar-refractivity contribution in [3.8, 4) is 0 Å². The Bertz CT molecular complexity index is 487.